The lowest BCUT2D eigenvalue weighted by molar-refractivity contribution is 0.218. The molecule has 0 radical (unpaired) electrons. The third-order valence-corrected chi connectivity index (χ3v) is 2.91. The third kappa shape index (κ3) is 4.03. The topological polar surface area (TPSA) is 21.3 Å². The molecule has 0 aliphatic carbocycles. The molecule has 1 N–H and O–H groups in total. The molecule has 1 unspecified atom stereocenters. The third-order valence-electron chi connectivity index (χ3n) is 2.91. The molecule has 2 nitrogen and oxygen atoms in total. The van der Waals surface area contributed by atoms with Crippen molar-refractivity contribution in [2.45, 2.75) is 19.8 Å². The number of hydrogen-bond acceptors (Lipinski definition) is 2. The van der Waals surface area contributed by atoms with E-state index in [1.807, 2.05) is 12.1 Å². The summed E-state index contributed by atoms with van der Waals surface area (Å²) in [6.07, 6.45) is 2.57. The smallest absolute Gasteiger partial charge is 0.119 e. The van der Waals surface area contributed by atoms with Crippen molar-refractivity contribution in [3.8, 4) is 5.75 Å². The van der Waals surface area contributed by atoms with Crippen LogP contribution < -0.4 is 10.1 Å². The van der Waals surface area contributed by atoms with Crippen LogP contribution in [0.15, 0.2) is 24.3 Å². The first-order valence-corrected chi connectivity index (χ1v) is 5.75. The number of aryl methyl sites for hydroxylation is 1. The van der Waals surface area contributed by atoms with E-state index in [2.05, 4.69) is 24.4 Å². The number of piperidine rings is 1. The maximum absolute atomic E-state index is 5.76. The zero-order valence-corrected chi connectivity index (χ0v) is 10.6. The average Bonchev–Trinajstić information content (AvgIpc) is 2.30. The second kappa shape index (κ2) is 6.77. The van der Waals surface area contributed by atoms with Gasteiger partial charge in [-0.05, 0) is 38.4 Å². The van der Waals surface area contributed by atoms with E-state index in [4.69, 9.17) is 4.74 Å². The van der Waals surface area contributed by atoms with Crippen molar-refractivity contribution < 1.29 is 4.74 Å². The van der Waals surface area contributed by atoms with Crippen LogP contribution in [0.25, 0.3) is 0 Å². The summed E-state index contributed by atoms with van der Waals surface area (Å²) >= 11 is 0. The highest BCUT2D eigenvalue weighted by Crippen LogP contribution is 2.15. The Morgan fingerprint density at radius 1 is 1.31 bits per heavy atom. The first-order chi connectivity index (χ1) is 7.34. The molecular formula is C13H20ClNO. The van der Waals surface area contributed by atoms with E-state index < -0.39 is 0 Å². The highest BCUT2D eigenvalue weighted by Gasteiger charge is 2.13. The molecule has 1 aromatic rings. The summed E-state index contributed by atoms with van der Waals surface area (Å²) in [5.41, 5.74) is 1.28. The van der Waals surface area contributed by atoms with Gasteiger partial charge in [0.15, 0.2) is 0 Å². The van der Waals surface area contributed by atoms with Crippen molar-refractivity contribution in [1.29, 1.82) is 0 Å². The van der Waals surface area contributed by atoms with E-state index >= 15 is 0 Å². The monoisotopic (exact) mass is 241 g/mol. The molecular weight excluding hydrogens is 222 g/mol. The number of halogens is 1. The van der Waals surface area contributed by atoms with Crippen LogP contribution in [0.1, 0.15) is 18.4 Å². The molecule has 1 heterocycles. The summed E-state index contributed by atoms with van der Waals surface area (Å²) in [6, 6.07) is 8.28. The van der Waals surface area contributed by atoms with Gasteiger partial charge in [-0.2, -0.15) is 0 Å². The molecule has 0 spiro atoms. The molecule has 1 aliphatic heterocycles. The van der Waals surface area contributed by atoms with Gasteiger partial charge in [0.05, 0.1) is 6.61 Å². The van der Waals surface area contributed by atoms with Gasteiger partial charge in [0.1, 0.15) is 5.75 Å². The molecule has 0 aromatic heterocycles. The van der Waals surface area contributed by atoms with Gasteiger partial charge in [-0.15, -0.1) is 12.4 Å². The van der Waals surface area contributed by atoms with E-state index in [0.717, 1.165) is 18.9 Å². The lowest BCUT2D eigenvalue weighted by Gasteiger charge is -2.22. The molecule has 2 rings (SSSR count). The minimum atomic E-state index is 0. The van der Waals surface area contributed by atoms with Gasteiger partial charge in [0, 0.05) is 12.5 Å². The SMILES string of the molecule is Cc1ccc(OCC2CCCNC2)cc1.Cl. The summed E-state index contributed by atoms with van der Waals surface area (Å²) in [6.45, 7) is 5.21. The van der Waals surface area contributed by atoms with Crippen LogP contribution in [-0.2, 0) is 0 Å². The van der Waals surface area contributed by atoms with Crippen LogP contribution in [0.3, 0.4) is 0 Å². The maximum Gasteiger partial charge on any atom is 0.119 e. The summed E-state index contributed by atoms with van der Waals surface area (Å²) in [4.78, 5) is 0. The fourth-order valence-corrected chi connectivity index (χ4v) is 1.91. The molecule has 3 heteroatoms. The van der Waals surface area contributed by atoms with Crippen molar-refractivity contribution >= 4 is 12.4 Å². The predicted molar refractivity (Wildman–Crippen MR) is 69.5 cm³/mol. The number of rotatable bonds is 3. The molecule has 16 heavy (non-hydrogen) atoms. The standard InChI is InChI=1S/C13H19NO.ClH/c1-11-4-6-13(7-5-11)15-10-12-3-2-8-14-9-12;/h4-7,12,14H,2-3,8-10H2,1H3;1H. The Bertz CT molecular complexity index is 293. The molecule has 0 amide bonds. The van der Waals surface area contributed by atoms with Gasteiger partial charge in [-0.3, -0.25) is 0 Å². The Morgan fingerprint density at radius 3 is 2.69 bits per heavy atom. The molecule has 1 saturated heterocycles. The van der Waals surface area contributed by atoms with Crippen LogP contribution in [0.2, 0.25) is 0 Å². The largest absolute Gasteiger partial charge is 0.493 e. The van der Waals surface area contributed by atoms with Crippen molar-refractivity contribution in [3.05, 3.63) is 29.8 Å². The van der Waals surface area contributed by atoms with E-state index in [1.165, 1.54) is 24.9 Å². The fraction of sp³-hybridized carbons (Fsp3) is 0.538. The molecule has 1 fully saturated rings. The highest BCUT2D eigenvalue weighted by molar-refractivity contribution is 5.85. The lowest BCUT2D eigenvalue weighted by Crippen LogP contribution is -2.33. The van der Waals surface area contributed by atoms with E-state index in [9.17, 15) is 0 Å². The van der Waals surface area contributed by atoms with Crippen LogP contribution in [0.5, 0.6) is 5.75 Å². The maximum atomic E-state index is 5.76. The van der Waals surface area contributed by atoms with E-state index in [1.54, 1.807) is 0 Å². The second-order valence-corrected chi connectivity index (χ2v) is 4.34. The Hall–Kier alpha value is -0.730. The van der Waals surface area contributed by atoms with Gasteiger partial charge in [-0.25, -0.2) is 0 Å². The average molecular weight is 242 g/mol. The van der Waals surface area contributed by atoms with Gasteiger partial charge < -0.3 is 10.1 Å². The molecule has 1 atom stereocenters. The van der Waals surface area contributed by atoms with Gasteiger partial charge >= 0.3 is 0 Å². The second-order valence-electron chi connectivity index (χ2n) is 4.34. The van der Waals surface area contributed by atoms with Crippen molar-refractivity contribution in [1.82, 2.24) is 5.32 Å². The summed E-state index contributed by atoms with van der Waals surface area (Å²) in [5, 5.41) is 3.40. The van der Waals surface area contributed by atoms with Crippen molar-refractivity contribution in [2.24, 2.45) is 5.92 Å². The Balaban J connectivity index is 0.00000128. The number of ether oxygens (including phenoxy) is 1. The van der Waals surface area contributed by atoms with E-state index in [0.29, 0.717) is 5.92 Å². The zero-order chi connectivity index (χ0) is 10.5. The molecule has 0 saturated carbocycles. The van der Waals surface area contributed by atoms with Gasteiger partial charge in [-0.1, -0.05) is 17.7 Å². The summed E-state index contributed by atoms with van der Waals surface area (Å²) in [5.74, 6) is 1.67. The minimum absolute atomic E-state index is 0. The van der Waals surface area contributed by atoms with Crippen LogP contribution in [0, 0.1) is 12.8 Å². The molecule has 1 aliphatic rings. The van der Waals surface area contributed by atoms with Crippen LogP contribution in [-0.4, -0.2) is 19.7 Å². The first kappa shape index (κ1) is 13.3. The van der Waals surface area contributed by atoms with Crippen molar-refractivity contribution in [3.63, 3.8) is 0 Å². The highest BCUT2D eigenvalue weighted by atomic mass is 35.5. The Kier molecular flexibility index (Phi) is 5.64. The number of benzene rings is 1. The Morgan fingerprint density at radius 2 is 2.06 bits per heavy atom. The van der Waals surface area contributed by atoms with Crippen LogP contribution in [0.4, 0.5) is 0 Å². The number of hydrogen-bond donors (Lipinski definition) is 1. The van der Waals surface area contributed by atoms with Gasteiger partial charge in [0.2, 0.25) is 0 Å². The van der Waals surface area contributed by atoms with Crippen molar-refractivity contribution in [2.75, 3.05) is 19.7 Å². The number of nitrogens with one attached hydrogen (secondary N) is 1. The predicted octanol–water partition coefficient (Wildman–Crippen LogP) is 2.80. The van der Waals surface area contributed by atoms with E-state index in [-0.39, 0.29) is 12.4 Å². The first-order valence-electron chi connectivity index (χ1n) is 5.75. The van der Waals surface area contributed by atoms with Gasteiger partial charge in [0.25, 0.3) is 0 Å². The minimum Gasteiger partial charge on any atom is -0.493 e. The zero-order valence-electron chi connectivity index (χ0n) is 9.74. The quantitative estimate of drug-likeness (QED) is 0.879. The molecule has 0 bridgehead atoms. The summed E-state index contributed by atoms with van der Waals surface area (Å²) < 4.78 is 5.76. The lowest BCUT2D eigenvalue weighted by atomic mass is 10.0. The fourth-order valence-electron chi connectivity index (χ4n) is 1.91. The molecule has 90 valence electrons. The normalized spacial score (nSPS) is 19.9. The Labute approximate surface area is 104 Å². The summed E-state index contributed by atoms with van der Waals surface area (Å²) in [7, 11) is 0. The van der Waals surface area contributed by atoms with Crippen LogP contribution >= 0.6 is 12.4 Å². The molecule has 1 aromatic carbocycles.